The predicted octanol–water partition coefficient (Wildman–Crippen LogP) is 9.08. The molecule has 0 nitrogen and oxygen atoms in total. The summed E-state index contributed by atoms with van der Waals surface area (Å²) in [4.78, 5) is 0. The third-order valence-electron chi connectivity index (χ3n) is 5.18. The molecule has 168 valence electrons. The number of benzene rings is 2. The van der Waals surface area contributed by atoms with Crippen molar-refractivity contribution in [3.63, 3.8) is 0 Å². The Morgan fingerprint density at radius 3 is 1.53 bits per heavy atom. The van der Waals surface area contributed by atoms with Crippen molar-refractivity contribution in [1.82, 2.24) is 0 Å². The van der Waals surface area contributed by atoms with E-state index in [9.17, 15) is 8.78 Å². The van der Waals surface area contributed by atoms with Gasteiger partial charge in [-0.05, 0) is 76.8 Å². The topological polar surface area (TPSA) is 0 Å². The molecule has 0 bridgehead atoms. The number of rotatable bonds is 6. The van der Waals surface area contributed by atoms with Gasteiger partial charge < -0.3 is 0 Å². The van der Waals surface area contributed by atoms with Gasteiger partial charge >= 0.3 is 0 Å². The summed E-state index contributed by atoms with van der Waals surface area (Å²) < 4.78 is 27.0. The monoisotopic (exact) mass is 416 g/mol. The van der Waals surface area contributed by atoms with Gasteiger partial charge in [0.2, 0.25) is 0 Å². The highest BCUT2D eigenvalue weighted by molar-refractivity contribution is 5.28. The fourth-order valence-corrected chi connectivity index (χ4v) is 3.25. The van der Waals surface area contributed by atoms with E-state index in [0.717, 1.165) is 30.4 Å². The Bertz CT molecular complexity index is 780. The maximum Gasteiger partial charge on any atom is 0.126 e. The predicted molar refractivity (Wildman–Crippen MR) is 127 cm³/mol. The molecular weight excluding hydrogens is 374 g/mol. The van der Waals surface area contributed by atoms with E-state index in [0.29, 0.717) is 17.8 Å². The van der Waals surface area contributed by atoms with Crippen molar-refractivity contribution in [1.29, 1.82) is 0 Å². The second-order valence-electron chi connectivity index (χ2n) is 10.7. The highest BCUT2D eigenvalue weighted by Crippen LogP contribution is 2.25. The number of hydrogen-bond acceptors (Lipinski definition) is 0. The molecule has 2 rings (SSSR count). The van der Waals surface area contributed by atoms with Crippen LogP contribution in [-0.2, 0) is 12.8 Å². The van der Waals surface area contributed by atoms with Crippen molar-refractivity contribution in [2.45, 2.75) is 93.4 Å². The van der Waals surface area contributed by atoms with Crippen LogP contribution in [0.1, 0.15) is 103 Å². The normalized spacial score (nSPS) is 11.8. The van der Waals surface area contributed by atoms with E-state index in [1.807, 2.05) is 24.3 Å². The average Bonchev–Trinajstić information content (AvgIpc) is 2.61. The molecule has 0 aliphatic carbocycles. The Kier molecular flexibility index (Phi) is 10.2. The summed E-state index contributed by atoms with van der Waals surface area (Å²) in [6.45, 7) is 19.3. The molecular formula is C28H42F2. The van der Waals surface area contributed by atoms with Crippen LogP contribution < -0.4 is 0 Å². The zero-order valence-corrected chi connectivity index (χ0v) is 20.6. The lowest BCUT2D eigenvalue weighted by Gasteiger charge is -2.19. The molecule has 0 unspecified atom stereocenters. The van der Waals surface area contributed by atoms with Crippen LogP contribution in [0.25, 0.3) is 0 Å². The molecule has 0 saturated carbocycles. The maximum absolute atomic E-state index is 13.6. The summed E-state index contributed by atoms with van der Waals surface area (Å²) in [5.74, 6) is 1.44. The van der Waals surface area contributed by atoms with Crippen LogP contribution in [0.2, 0.25) is 0 Å². The molecule has 30 heavy (non-hydrogen) atoms. The van der Waals surface area contributed by atoms with E-state index in [1.54, 1.807) is 12.1 Å². The van der Waals surface area contributed by atoms with Crippen LogP contribution in [0.3, 0.4) is 0 Å². The van der Waals surface area contributed by atoms with Gasteiger partial charge in [-0.2, -0.15) is 0 Å². The van der Waals surface area contributed by atoms with Crippen molar-refractivity contribution in [2.75, 3.05) is 0 Å². The molecule has 0 heterocycles. The van der Waals surface area contributed by atoms with Crippen molar-refractivity contribution >= 4 is 0 Å². The Morgan fingerprint density at radius 1 is 0.700 bits per heavy atom. The molecule has 2 aromatic carbocycles. The van der Waals surface area contributed by atoms with E-state index in [2.05, 4.69) is 62.3 Å². The number of hydrogen-bond donors (Lipinski definition) is 0. The molecule has 0 saturated heterocycles. The molecule has 2 aromatic rings. The minimum atomic E-state index is -0.0747. The Morgan fingerprint density at radius 2 is 1.13 bits per heavy atom. The largest absolute Gasteiger partial charge is 0.207 e. The van der Waals surface area contributed by atoms with Crippen molar-refractivity contribution in [3.05, 3.63) is 70.3 Å². The van der Waals surface area contributed by atoms with Gasteiger partial charge in [-0.1, -0.05) is 86.6 Å². The highest BCUT2D eigenvalue weighted by atomic mass is 19.1. The molecule has 0 N–H and O–H groups in total. The first-order valence-corrected chi connectivity index (χ1v) is 11.4. The summed E-state index contributed by atoms with van der Waals surface area (Å²) in [5, 5.41) is 0. The van der Waals surface area contributed by atoms with Crippen LogP contribution in [0.5, 0.6) is 0 Å². The standard InChI is InChI=1S/2C14H21F/c1-10(2)11-6-7-13(15)12(8-11)9-14(3,4)5;1-10(2)5-6-13-9-12(11(3)4)7-8-14(13)15/h6-8,10H,9H2,1-5H3;7-11H,5-6H2,1-4H3. The SMILES string of the molecule is CC(C)CCc1cc(C(C)C)ccc1F.CC(C)c1ccc(F)c(CC(C)(C)C)c1. The molecule has 0 aliphatic heterocycles. The molecule has 0 aromatic heterocycles. The molecule has 0 radical (unpaired) electrons. The van der Waals surface area contributed by atoms with Crippen LogP contribution >= 0.6 is 0 Å². The van der Waals surface area contributed by atoms with Gasteiger partial charge in [0.05, 0.1) is 0 Å². The van der Waals surface area contributed by atoms with E-state index < -0.39 is 0 Å². The van der Waals surface area contributed by atoms with E-state index in [-0.39, 0.29) is 17.0 Å². The fourth-order valence-electron chi connectivity index (χ4n) is 3.25. The van der Waals surface area contributed by atoms with Crippen LogP contribution in [-0.4, -0.2) is 0 Å². The van der Waals surface area contributed by atoms with Crippen LogP contribution in [0.15, 0.2) is 36.4 Å². The van der Waals surface area contributed by atoms with E-state index >= 15 is 0 Å². The molecule has 0 fully saturated rings. The molecule has 0 amide bonds. The second-order valence-corrected chi connectivity index (χ2v) is 10.7. The molecule has 2 heteroatoms. The molecule has 0 spiro atoms. The van der Waals surface area contributed by atoms with Gasteiger partial charge in [0.1, 0.15) is 11.6 Å². The highest BCUT2D eigenvalue weighted by Gasteiger charge is 2.15. The number of halogens is 2. The van der Waals surface area contributed by atoms with Gasteiger partial charge in [-0.3, -0.25) is 0 Å². The zero-order chi connectivity index (χ0) is 23.1. The van der Waals surface area contributed by atoms with E-state index in [4.69, 9.17) is 0 Å². The smallest absolute Gasteiger partial charge is 0.126 e. The van der Waals surface area contributed by atoms with Crippen LogP contribution in [0.4, 0.5) is 8.78 Å². The Labute approximate surface area is 184 Å². The fraction of sp³-hybridized carbons (Fsp3) is 0.571. The lowest BCUT2D eigenvalue weighted by molar-refractivity contribution is 0.402. The summed E-state index contributed by atoms with van der Waals surface area (Å²) >= 11 is 0. The lowest BCUT2D eigenvalue weighted by atomic mass is 9.86. The first-order chi connectivity index (χ1) is 13.8. The Balaban J connectivity index is 0.000000300. The van der Waals surface area contributed by atoms with E-state index in [1.165, 1.54) is 11.1 Å². The molecule has 0 atom stereocenters. The van der Waals surface area contributed by atoms with Crippen molar-refractivity contribution in [3.8, 4) is 0 Å². The van der Waals surface area contributed by atoms with Gasteiger partial charge in [0, 0.05) is 0 Å². The summed E-state index contributed by atoms with van der Waals surface area (Å²) in [6.07, 6.45) is 2.70. The first-order valence-electron chi connectivity index (χ1n) is 11.4. The first kappa shape index (κ1) is 26.3. The Hall–Kier alpha value is -1.70. The van der Waals surface area contributed by atoms with Gasteiger partial charge in [0.25, 0.3) is 0 Å². The summed E-state index contributed by atoms with van der Waals surface area (Å²) in [5.41, 5.74) is 4.30. The third-order valence-corrected chi connectivity index (χ3v) is 5.18. The number of aryl methyl sites for hydroxylation is 1. The van der Waals surface area contributed by atoms with Crippen LogP contribution in [0, 0.1) is 23.0 Å². The van der Waals surface area contributed by atoms with Gasteiger partial charge in [-0.15, -0.1) is 0 Å². The van der Waals surface area contributed by atoms with Gasteiger partial charge in [0.15, 0.2) is 0 Å². The average molecular weight is 417 g/mol. The quantitative estimate of drug-likeness (QED) is 0.440. The summed E-state index contributed by atoms with van der Waals surface area (Å²) in [6, 6.07) is 11.0. The minimum Gasteiger partial charge on any atom is -0.207 e. The molecule has 0 aliphatic rings. The second kappa shape index (κ2) is 11.6. The summed E-state index contributed by atoms with van der Waals surface area (Å²) in [7, 11) is 0. The minimum absolute atomic E-state index is 0.0555. The van der Waals surface area contributed by atoms with Gasteiger partial charge in [-0.25, -0.2) is 8.78 Å². The van der Waals surface area contributed by atoms with Crippen molar-refractivity contribution in [2.24, 2.45) is 11.3 Å². The van der Waals surface area contributed by atoms with Crippen molar-refractivity contribution < 1.29 is 8.78 Å². The lowest BCUT2D eigenvalue weighted by Crippen LogP contribution is -2.11. The zero-order valence-electron chi connectivity index (χ0n) is 20.6. The maximum atomic E-state index is 13.6. The third kappa shape index (κ3) is 9.41.